The van der Waals surface area contributed by atoms with E-state index in [-0.39, 0.29) is 0 Å². The Morgan fingerprint density at radius 1 is 1.18 bits per heavy atom. The number of rotatable bonds is 4. The van der Waals surface area contributed by atoms with Crippen molar-refractivity contribution < 1.29 is 4.42 Å². The van der Waals surface area contributed by atoms with Crippen LogP contribution in [-0.2, 0) is 13.0 Å². The molecule has 17 heavy (non-hydrogen) atoms. The Labute approximate surface area is 110 Å². The van der Waals surface area contributed by atoms with E-state index in [2.05, 4.69) is 53.3 Å². The molecule has 1 aromatic carbocycles. The summed E-state index contributed by atoms with van der Waals surface area (Å²) in [5, 5.41) is 3.36. The number of benzene rings is 1. The van der Waals surface area contributed by atoms with Gasteiger partial charge < -0.3 is 9.73 Å². The molecule has 0 spiro atoms. The Balaban J connectivity index is 2.01. The van der Waals surface area contributed by atoms with Crippen molar-refractivity contribution in [3.8, 4) is 0 Å². The second-order valence-corrected chi connectivity index (χ2v) is 5.01. The molecule has 1 aromatic heterocycles. The van der Waals surface area contributed by atoms with Crippen LogP contribution in [0.1, 0.15) is 24.0 Å². The predicted octanol–water partition coefficient (Wildman–Crippen LogP) is 4.53. The number of anilines is 1. The quantitative estimate of drug-likeness (QED) is 0.896. The van der Waals surface area contributed by atoms with E-state index in [0.717, 1.165) is 34.6 Å². The summed E-state index contributed by atoms with van der Waals surface area (Å²) in [5.74, 6) is 2.01. The first-order valence-electron chi connectivity index (χ1n) is 5.76. The molecule has 0 bridgehead atoms. The topological polar surface area (TPSA) is 25.2 Å². The number of hydrogen-bond donors (Lipinski definition) is 1. The van der Waals surface area contributed by atoms with E-state index in [4.69, 9.17) is 4.42 Å². The highest BCUT2D eigenvalue weighted by Crippen LogP contribution is 2.20. The summed E-state index contributed by atoms with van der Waals surface area (Å²) in [6, 6.07) is 10.3. The Kier molecular flexibility index (Phi) is 3.89. The van der Waals surface area contributed by atoms with Crippen LogP contribution >= 0.6 is 15.9 Å². The molecule has 0 fully saturated rings. The van der Waals surface area contributed by atoms with Gasteiger partial charge in [0.1, 0.15) is 11.5 Å². The first-order chi connectivity index (χ1) is 8.17. The SMILES string of the molecule is CCc1ccc(CNc2cc(C)cc(Br)c2)o1. The van der Waals surface area contributed by atoms with Crippen molar-refractivity contribution in [2.45, 2.75) is 26.8 Å². The second-order valence-electron chi connectivity index (χ2n) is 4.09. The van der Waals surface area contributed by atoms with E-state index in [9.17, 15) is 0 Å². The highest BCUT2D eigenvalue weighted by molar-refractivity contribution is 9.10. The number of halogens is 1. The molecular formula is C14H16BrNO. The van der Waals surface area contributed by atoms with Crippen LogP contribution in [0.25, 0.3) is 0 Å². The normalized spacial score (nSPS) is 10.5. The molecule has 0 unspecified atom stereocenters. The lowest BCUT2D eigenvalue weighted by Gasteiger charge is -2.06. The summed E-state index contributed by atoms with van der Waals surface area (Å²) in [6.07, 6.45) is 0.940. The van der Waals surface area contributed by atoms with Crippen LogP contribution in [0.4, 0.5) is 5.69 Å². The fourth-order valence-corrected chi connectivity index (χ4v) is 2.34. The van der Waals surface area contributed by atoms with Crippen LogP contribution in [0.5, 0.6) is 0 Å². The van der Waals surface area contributed by atoms with Gasteiger partial charge in [-0.25, -0.2) is 0 Å². The zero-order valence-corrected chi connectivity index (χ0v) is 11.7. The Bertz CT molecular complexity index is 484. The van der Waals surface area contributed by atoms with Gasteiger partial charge in [0.05, 0.1) is 6.54 Å². The third kappa shape index (κ3) is 3.37. The summed E-state index contributed by atoms with van der Waals surface area (Å²) in [5.41, 5.74) is 2.34. The standard InChI is InChI=1S/C14H16BrNO/c1-3-13-4-5-14(17-13)9-16-12-7-10(2)6-11(15)8-12/h4-8,16H,3,9H2,1-2H3. The Morgan fingerprint density at radius 2 is 1.94 bits per heavy atom. The third-order valence-corrected chi connectivity index (χ3v) is 3.03. The number of nitrogens with one attached hydrogen (secondary N) is 1. The summed E-state index contributed by atoms with van der Waals surface area (Å²) >= 11 is 3.49. The molecule has 2 aromatic rings. The monoisotopic (exact) mass is 293 g/mol. The van der Waals surface area contributed by atoms with E-state index in [1.807, 2.05) is 12.1 Å². The molecule has 90 valence electrons. The average molecular weight is 294 g/mol. The van der Waals surface area contributed by atoms with Crippen LogP contribution in [0.3, 0.4) is 0 Å². The molecule has 3 heteroatoms. The number of furan rings is 1. The highest BCUT2D eigenvalue weighted by Gasteiger charge is 2.01. The van der Waals surface area contributed by atoms with Gasteiger partial charge in [0.15, 0.2) is 0 Å². The molecule has 1 N–H and O–H groups in total. The molecule has 1 heterocycles. The van der Waals surface area contributed by atoms with Crippen LogP contribution in [0.2, 0.25) is 0 Å². The first kappa shape index (κ1) is 12.2. The van der Waals surface area contributed by atoms with Gasteiger partial charge in [-0.15, -0.1) is 0 Å². The molecule has 0 radical (unpaired) electrons. The summed E-state index contributed by atoms with van der Waals surface area (Å²) in [4.78, 5) is 0. The zero-order valence-electron chi connectivity index (χ0n) is 10.1. The highest BCUT2D eigenvalue weighted by atomic mass is 79.9. The Morgan fingerprint density at radius 3 is 2.59 bits per heavy atom. The number of aryl methyl sites for hydroxylation is 2. The summed E-state index contributed by atoms with van der Waals surface area (Å²) < 4.78 is 6.73. The van der Waals surface area contributed by atoms with Gasteiger partial charge >= 0.3 is 0 Å². The lowest BCUT2D eigenvalue weighted by atomic mass is 10.2. The Hall–Kier alpha value is -1.22. The first-order valence-corrected chi connectivity index (χ1v) is 6.55. The van der Waals surface area contributed by atoms with Crippen molar-refractivity contribution in [3.05, 3.63) is 51.9 Å². The van der Waals surface area contributed by atoms with Crippen molar-refractivity contribution in [3.63, 3.8) is 0 Å². The lowest BCUT2D eigenvalue weighted by Crippen LogP contribution is -1.98. The fourth-order valence-electron chi connectivity index (χ4n) is 1.73. The summed E-state index contributed by atoms with van der Waals surface area (Å²) in [7, 11) is 0. The van der Waals surface area contributed by atoms with Crippen LogP contribution in [0.15, 0.2) is 39.2 Å². The van der Waals surface area contributed by atoms with Crippen LogP contribution in [-0.4, -0.2) is 0 Å². The second kappa shape index (κ2) is 5.41. The van der Waals surface area contributed by atoms with E-state index < -0.39 is 0 Å². The minimum absolute atomic E-state index is 0.718. The number of hydrogen-bond acceptors (Lipinski definition) is 2. The molecule has 0 aliphatic rings. The van der Waals surface area contributed by atoms with Gasteiger partial charge in [0, 0.05) is 16.6 Å². The maximum Gasteiger partial charge on any atom is 0.123 e. The van der Waals surface area contributed by atoms with Gasteiger partial charge in [0.25, 0.3) is 0 Å². The van der Waals surface area contributed by atoms with Crippen molar-refractivity contribution in [2.75, 3.05) is 5.32 Å². The molecule has 0 atom stereocenters. The summed E-state index contributed by atoms with van der Waals surface area (Å²) in [6.45, 7) is 4.89. The maximum atomic E-state index is 5.64. The predicted molar refractivity (Wildman–Crippen MR) is 74.3 cm³/mol. The molecule has 0 aliphatic carbocycles. The lowest BCUT2D eigenvalue weighted by molar-refractivity contribution is 0.476. The fraction of sp³-hybridized carbons (Fsp3) is 0.286. The van der Waals surface area contributed by atoms with Gasteiger partial charge in [-0.1, -0.05) is 22.9 Å². The molecule has 0 aliphatic heterocycles. The smallest absolute Gasteiger partial charge is 0.123 e. The van der Waals surface area contributed by atoms with E-state index >= 15 is 0 Å². The molecule has 0 amide bonds. The van der Waals surface area contributed by atoms with E-state index in [0.29, 0.717) is 0 Å². The minimum atomic E-state index is 0.718. The van der Waals surface area contributed by atoms with Crippen molar-refractivity contribution in [1.82, 2.24) is 0 Å². The minimum Gasteiger partial charge on any atom is -0.464 e. The van der Waals surface area contributed by atoms with Gasteiger partial charge in [-0.2, -0.15) is 0 Å². The molecular weight excluding hydrogens is 278 g/mol. The van der Waals surface area contributed by atoms with Gasteiger partial charge in [0.2, 0.25) is 0 Å². The molecule has 0 saturated carbocycles. The van der Waals surface area contributed by atoms with Crippen LogP contribution in [0, 0.1) is 6.92 Å². The average Bonchev–Trinajstić information content (AvgIpc) is 2.73. The third-order valence-electron chi connectivity index (χ3n) is 2.57. The van der Waals surface area contributed by atoms with Crippen molar-refractivity contribution in [2.24, 2.45) is 0 Å². The van der Waals surface area contributed by atoms with E-state index in [1.54, 1.807) is 0 Å². The van der Waals surface area contributed by atoms with Crippen LogP contribution < -0.4 is 5.32 Å². The molecule has 2 rings (SSSR count). The molecule has 2 nitrogen and oxygen atoms in total. The largest absolute Gasteiger partial charge is 0.464 e. The molecule has 0 saturated heterocycles. The zero-order chi connectivity index (χ0) is 12.3. The van der Waals surface area contributed by atoms with Crippen molar-refractivity contribution in [1.29, 1.82) is 0 Å². The van der Waals surface area contributed by atoms with Gasteiger partial charge in [-0.05, 0) is 42.8 Å². The van der Waals surface area contributed by atoms with Crippen molar-refractivity contribution >= 4 is 21.6 Å². The van der Waals surface area contributed by atoms with Gasteiger partial charge in [-0.3, -0.25) is 0 Å². The maximum absolute atomic E-state index is 5.64. The van der Waals surface area contributed by atoms with E-state index in [1.165, 1.54) is 5.56 Å².